The molecule has 0 heterocycles. The molecule has 6 heteroatoms. The molecule has 2 aromatic rings. The Morgan fingerprint density at radius 3 is 2.17 bits per heavy atom. The maximum atomic E-state index is 12.6. The van der Waals surface area contributed by atoms with E-state index in [1.54, 1.807) is 38.2 Å². The van der Waals surface area contributed by atoms with Gasteiger partial charge in [-0.1, -0.05) is 24.3 Å². The van der Waals surface area contributed by atoms with Crippen molar-refractivity contribution in [2.24, 2.45) is 0 Å². The van der Waals surface area contributed by atoms with Crippen LogP contribution in [0.5, 0.6) is 0 Å². The van der Waals surface area contributed by atoms with E-state index >= 15 is 0 Å². The Morgan fingerprint density at radius 2 is 1.57 bits per heavy atom. The van der Waals surface area contributed by atoms with Gasteiger partial charge >= 0.3 is 0 Å². The van der Waals surface area contributed by atoms with Crippen LogP contribution >= 0.6 is 0 Å². The van der Waals surface area contributed by atoms with Crippen molar-refractivity contribution in [2.75, 3.05) is 29.1 Å². The highest BCUT2D eigenvalue weighted by molar-refractivity contribution is 7.92. The lowest BCUT2D eigenvalue weighted by Gasteiger charge is -2.21. The number of rotatable bonds is 5. The number of para-hydroxylation sites is 1. The van der Waals surface area contributed by atoms with E-state index in [2.05, 4.69) is 0 Å². The molecule has 0 aliphatic heterocycles. The third-order valence-corrected chi connectivity index (χ3v) is 5.46. The number of anilines is 2. The van der Waals surface area contributed by atoms with Gasteiger partial charge in [0.2, 0.25) is 10.0 Å². The van der Waals surface area contributed by atoms with E-state index in [9.17, 15) is 13.2 Å². The van der Waals surface area contributed by atoms with Crippen molar-refractivity contribution < 1.29 is 13.2 Å². The van der Waals surface area contributed by atoms with Gasteiger partial charge in [0.1, 0.15) is 0 Å². The van der Waals surface area contributed by atoms with Crippen LogP contribution in [0.1, 0.15) is 17.3 Å². The summed E-state index contributed by atoms with van der Waals surface area (Å²) in [5.41, 5.74) is 1.68. The van der Waals surface area contributed by atoms with Gasteiger partial charge in [-0.25, -0.2) is 8.42 Å². The van der Waals surface area contributed by atoms with E-state index in [0.717, 1.165) is 5.69 Å². The standard InChI is InChI=1S/C17H20N2O3S/c1-4-23(21,22)19(3)16-12-8-9-14(13-16)17(20)18(2)15-10-6-5-7-11-15/h5-13H,4H2,1-3H3. The van der Waals surface area contributed by atoms with Gasteiger partial charge in [-0.05, 0) is 37.3 Å². The molecular weight excluding hydrogens is 312 g/mol. The zero-order chi connectivity index (χ0) is 17.0. The second-order valence-electron chi connectivity index (χ2n) is 5.12. The van der Waals surface area contributed by atoms with Crippen LogP contribution in [0.15, 0.2) is 54.6 Å². The molecular formula is C17H20N2O3S. The molecule has 5 nitrogen and oxygen atoms in total. The molecule has 0 radical (unpaired) electrons. The number of carbonyl (C=O) groups excluding carboxylic acids is 1. The Bertz CT molecular complexity index is 788. The lowest BCUT2D eigenvalue weighted by atomic mass is 10.1. The number of hydrogen-bond acceptors (Lipinski definition) is 3. The smallest absolute Gasteiger partial charge is 0.258 e. The third kappa shape index (κ3) is 3.71. The van der Waals surface area contributed by atoms with E-state index in [0.29, 0.717) is 11.3 Å². The Morgan fingerprint density at radius 1 is 0.957 bits per heavy atom. The van der Waals surface area contributed by atoms with E-state index in [1.807, 2.05) is 30.3 Å². The first-order valence-corrected chi connectivity index (χ1v) is 8.87. The highest BCUT2D eigenvalue weighted by Crippen LogP contribution is 2.21. The molecule has 0 aliphatic rings. The number of nitrogens with zero attached hydrogens (tertiary/aromatic N) is 2. The molecule has 0 N–H and O–H groups in total. The summed E-state index contributed by atoms with van der Waals surface area (Å²) >= 11 is 0. The summed E-state index contributed by atoms with van der Waals surface area (Å²) in [5.74, 6) is -0.189. The SMILES string of the molecule is CCS(=O)(=O)N(C)c1cccc(C(=O)N(C)c2ccccc2)c1. The summed E-state index contributed by atoms with van der Waals surface area (Å²) in [6.45, 7) is 1.59. The number of carbonyl (C=O) groups is 1. The quantitative estimate of drug-likeness (QED) is 0.846. The predicted molar refractivity (Wildman–Crippen MR) is 93.5 cm³/mol. The molecule has 0 aromatic heterocycles. The molecule has 2 rings (SSSR count). The highest BCUT2D eigenvalue weighted by atomic mass is 32.2. The van der Waals surface area contributed by atoms with Gasteiger partial charge in [0.25, 0.3) is 5.91 Å². The molecule has 0 fully saturated rings. The van der Waals surface area contributed by atoms with Gasteiger partial charge in [0.15, 0.2) is 0 Å². The molecule has 0 unspecified atom stereocenters. The monoisotopic (exact) mass is 332 g/mol. The van der Waals surface area contributed by atoms with Gasteiger partial charge in [0, 0.05) is 25.3 Å². The lowest BCUT2D eigenvalue weighted by molar-refractivity contribution is 0.0993. The van der Waals surface area contributed by atoms with E-state index < -0.39 is 10.0 Å². The summed E-state index contributed by atoms with van der Waals surface area (Å²) in [6, 6.07) is 15.9. The van der Waals surface area contributed by atoms with Crippen LogP contribution < -0.4 is 9.21 Å². The largest absolute Gasteiger partial charge is 0.311 e. The minimum atomic E-state index is -3.36. The Hall–Kier alpha value is -2.34. The van der Waals surface area contributed by atoms with Crippen molar-refractivity contribution in [3.8, 4) is 0 Å². The van der Waals surface area contributed by atoms with Crippen molar-refractivity contribution >= 4 is 27.3 Å². The van der Waals surface area contributed by atoms with Crippen LogP contribution in [0.2, 0.25) is 0 Å². The highest BCUT2D eigenvalue weighted by Gasteiger charge is 2.18. The molecule has 1 amide bonds. The Kier molecular flexibility index (Phi) is 5.05. The molecule has 2 aromatic carbocycles. The zero-order valence-electron chi connectivity index (χ0n) is 13.4. The topological polar surface area (TPSA) is 57.7 Å². The van der Waals surface area contributed by atoms with Crippen molar-refractivity contribution in [3.63, 3.8) is 0 Å². The van der Waals surface area contributed by atoms with Crippen LogP contribution in [0.3, 0.4) is 0 Å². The van der Waals surface area contributed by atoms with Crippen LogP contribution in [0.4, 0.5) is 11.4 Å². The minimum absolute atomic E-state index is 0.00555. The molecule has 0 atom stereocenters. The maximum Gasteiger partial charge on any atom is 0.258 e. The molecule has 23 heavy (non-hydrogen) atoms. The number of sulfonamides is 1. The average Bonchev–Trinajstić information content (AvgIpc) is 2.60. The summed E-state index contributed by atoms with van der Waals surface area (Å²) in [5, 5.41) is 0. The van der Waals surface area contributed by atoms with Crippen LogP contribution in [-0.2, 0) is 10.0 Å². The summed E-state index contributed by atoms with van der Waals surface area (Å²) in [6.07, 6.45) is 0. The zero-order valence-corrected chi connectivity index (χ0v) is 14.2. The summed E-state index contributed by atoms with van der Waals surface area (Å²) in [7, 11) is -0.177. The number of benzene rings is 2. The van der Waals surface area contributed by atoms with Gasteiger partial charge in [-0.2, -0.15) is 0 Å². The molecule has 0 spiro atoms. The number of amides is 1. The van der Waals surface area contributed by atoms with E-state index in [-0.39, 0.29) is 11.7 Å². The molecule has 0 saturated carbocycles. The van der Waals surface area contributed by atoms with Crippen molar-refractivity contribution in [3.05, 3.63) is 60.2 Å². The fourth-order valence-electron chi connectivity index (χ4n) is 2.15. The predicted octanol–water partition coefficient (Wildman–Crippen LogP) is 2.75. The summed E-state index contributed by atoms with van der Waals surface area (Å²) < 4.78 is 25.1. The number of hydrogen-bond donors (Lipinski definition) is 0. The normalized spacial score (nSPS) is 11.1. The van der Waals surface area contributed by atoms with Gasteiger partial charge in [0.05, 0.1) is 11.4 Å². The molecule has 0 aliphatic carbocycles. The molecule has 0 bridgehead atoms. The first-order chi connectivity index (χ1) is 10.9. The second kappa shape index (κ2) is 6.83. The fourth-order valence-corrected chi connectivity index (χ4v) is 2.97. The van der Waals surface area contributed by atoms with Crippen molar-refractivity contribution in [1.82, 2.24) is 0 Å². The summed E-state index contributed by atoms with van der Waals surface area (Å²) in [4.78, 5) is 14.1. The van der Waals surface area contributed by atoms with Crippen molar-refractivity contribution in [1.29, 1.82) is 0 Å². The molecule has 0 saturated heterocycles. The van der Waals surface area contributed by atoms with Crippen LogP contribution in [0.25, 0.3) is 0 Å². The second-order valence-corrected chi connectivity index (χ2v) is 7.41. The Balaban J connectivity index is 2.31. The Labute approximate surface area is 137 Å². The van der Waals surface area contributed by atoms with E-state index in [4.69, 9.17) is 0 Å². The maximum absolute atomic E-state index is 12.6. The first-order valence-electron chi connectivity index (χ1n) is 7.26. The van der Waals surface area contributed by atoms with Gasteiger partial charge in [-0.3, -0.25) is 9.10 Å². The minimum Gasteiger partial charge on any atom is -0.311 e. The first kappa shape index (κ1) is 17.0. The molecule has 122 valence electrons. The van der Waals surface area contributed by atoms with Crippen LogP contribution in [0, 0.1) is 0 Å². The average molecular weight is 332 g/mol. The lowest BCUT2D eigenvalue weighted by Crippen LogP contribution is -2.29. The van der Waals surface area contributed by atoms with Crippen LogP contribution in [-0.4, -0.2) is 34.2 Å². The van der Waals surface area contributed by atoms with Gasteiger partial charge < -0.3 is 4.90 Å². The fraction of sp³-hybridized carbons (Fsp3) is 0.235. The van der Waals surface area contributed by atoms with Gasteiger partial charge in [-0.15, -0.1) is 0 Å². The van der Waals surface area contributed by atoms with E-state index in [1.165, 1.54) is 16.3 Å². The van der Waals surface area contributed by atoms with Crippen molar-refractivity contribution in [2.45, 2.75) is 6.92 Å². The third-order valence-electron chi connectivity index (χ3n) is 3.69.